The van der Waals surface area contributed by atoms with Crippen molar-refractivity contribution in [3.05, 3.63) is 0 Å². The van der Waals surface area contributed by atoms with Gasteiger partial charge in [0.2, 0.25) is 10.0 Å². The second-order valence-corrected chi connectivity index (χ2v) is 3.67. The fourth-order valence-electron chi connectivity index (χ4n) is 0.249. The normalized spacial score (nSPS) is 10.1. The Morgan fingerprint density at radius 3 is 2.64 bits per heavy atom. The summed E-state index contributed by atoms with van der Waals surface area (Å²) in [5, 5.41) is 7.80. The van der Waals surface area contributed by atoms with Crippen LogP contribution in [0.4, 0.5) is 0 Å². The second kappa shape index (κ2) is 4.07. The van der Waals surface area contributed by atoms with E-state index in [-0.39, 0.29) is 5.11 Å². The first kappa shape index (κ1) is 10.1. The van der Waals surface area contributed by atoms with Gasteiger partial charge in [-0.2, -0.15) is 5.26 Å². The van der Waals surface area contributed by atoms with Crippen molar-refractivity contribution in [2.24, 2.45) is 5.73 Å². The summed E-state index contributed by atoms with van der Waals surface area (Å²) in [5.41, 5.74) is 6.90. The fraction of sp³-hybridized carbons (Fsp3) is 0.333. The number of nitrogens with zero attached hydrogens (tertiary/aromatic N) is 1. The van der Waals surface area contributed by atoms with E-state index >= 15 is 0 Å². The molecule has 0 bridgehead atoms. The molecule has 0 amide bonds. The summed E-state index contributed by atoms with van der Waals surface area (Å²) in [4.78, 5) is 1.79. The minimum absolute atomic E-state index is 0.202. The summed E-state index contributed by atoms with van der Waals surface area (Å²) < 4.78 is 21.2. The summed E-state index contributed by atoms with van der Waals surface area (Å²) in [5.74, 6) is -0.636. The highest BCUT2D eigenvalue weighted by Gasteiger charge is 2.07. The van der Waals surface area contributed by atoms with Crippen molar-refractivity contribution in [3.8, 4) is 6.07 Å². The Kier molecular flexibility index (Phi) is 3.73. The summed E-state index contributed by atoms with van der Waals surface area (Å²) in [6.07, 6.45) is 0. The van der Waals surface area contributed by atoms with E-state index in [2.05, 4.69) is 12.2 Å². The highest BCUT2D eigenvalue weighted by Crippen LogP contribution is 1.77. The van der Waals surface area contributed by atoms with Gasteiger partial charge in [-0.15, -0.1) is 4.83 Å². The van der Waals surface area contributed by atoms with Gasteiger partial charge in [-0.3, -0.25) is 5.43 Å². The van der Waals surface area contributed by atoms with E-state index in [1.54, 1.807) is 4.83 Å². The third-order valence-electron chi connectivity index (χ3n) is 0.584. The average Bonchev–Trinajstić information content (AvgIpc) is 1.84. The van der Waals surface area contributed by atoms with Gasteiger partial charge >= 0.3 is 0 Å². The second-order valence-electron chi connectivity index (χ2n) is 1.51. The van der Waals surface area contributed by atoms with Crippen LogP contribution >= 0.6 is 12.2 Å². The number of hydrazine groups is 1. The molecule has 8 heteroatoms. The van der Waals surface area contributed by atoms with E-state index in [1.165, 1.54) is 6.07 Å². The van der Waals surface area contributed by atoms with Gasteiger partial charge in [0.05, 0.1) is 6.07 Å². The Bertz CT molecular complexity index is 276. The van der Waals surface area contributed by atoms with Crippen molar-refractivity contribution < 1.29 is 8.42 Å². The van der Waals surface area contributed by atoms with Gasteiger partial charge in [0.15, 0.2) is 10.9 Å². The number of sulfonamides is 1. The number of thiocarbonyl (C=S) groups is 1. The molecule has 0 saturated heterocycles. The maximum absolute atomic E-state index is 10.6. The van der Waals surface area contributed by atoms with Crippen molar-refractivity contribution in [2.75, 3.05) is 5.75 Å². The molecule has 0 aliphatic carbocycles. The van der Waals surface area contributed by atoms with Crippen molar-refractivity contribution in [2.45, 2.75) is 0 Å². The van der Waals surface area contributed by atoms with E-state index in [1.807, 2.05) is 5.43 Å². The van der Waals surface area contributed by atoms with Gasteiger partial charge in [0, 0.05) is 0 Å². The van der Waals surface area contributed by atoms with Crippen molar-refractivity contribution in [1.29, 1.82) is 5.26 Å². The molecule has 6 nitrogen and oxygen atoms in total. The molecule has 0 aliphatic rings. The summed E-state index contributed by atoms with van der Waals surface area (Å²) in [6, 6.07) is 1.46. The molecule has 11 heavy (non-hydrogen) atoms. The average molecular weight is 194 g/mol. The first-order valence-electron chi connectivity index (χ1n) is 2.40. The van der Waals surface area contributed by atoms with Crippen LogP contribution in [0.25, 0.3) is 0 Å². The van der Waals surface area contributed by atoms with E-state index in [0.717, 1.165) is 0 Å². The molecule has 62 valence electrons. The van der Waals surface area contributed by atoms with Crippen LogP contribution < -0.4 is 16.0 Å². The molecule has 4 N–H and O–H groups in total. The zero-order valence-electron chi connectivity index (χ0n) is 5.36. The number of rotatable bonds is 3. The van der Waals surface area contributed by atoms with Gasteiger partial charge in [-0.1, -0.05) is 0 Å². The van der Waals surface area contributed by atoms with Crippen LogP contribution in [-0.4, -0.2) is 19.3 Å². The topological polar surface area (TPSA) is 108 Å². The van der Waals surface area contributed by atoms with Gasteiger partial charge < -0.3 is 5.73 Å². The molecular formula is C3H6N4O2S2. The lowest BCUT2D eigenvalue weighted by Gasteiger charge is -2.02. The lowest BCUT2D eigenvalue weighted by Crippen LogP contribution is -2.44. The van der Waals surface area contributed by atoms with Crippen molar-refractivity contribution in [3.63, 3.8) is 0 Å². The largest absolute Gasteiger partial charge is 0.375 e. The third kappa shape index (κ3) is 5.53. The molecule has 0 atom stereocenters. The van der Waals surface area contributed by atoms with E-state index in [4.69, 9.17) is 11.0 Å². The number of nitriles is 1. The van der Waals surface area contributed by atoms with Gasteiger partial charge in [0.25, 0.3) is 0 Å². The molecule has 0 spiro atoms. The lowest BCUT2D eigenvalue weighted by molar-refractivity contribution is 0.581. The predicted octanol–water partition coefficient (Wildman–Crippen LogP) is -1.82. The molecule has 0 saturated carbocycles. The highest BCUT2D eigenvalue weighted by atomic mass is 32.2. The number of hydrogen-bond donors (Lipinski definition) is 3. The quantitative estimate of drug-likeness (QED) is 0.360. The summed E-state index contributed by atoms with van der Waals surface area (Å²) >= 11 is 4.30. The van der Waals surface area contributed by atoms with Gasteiger partial charge in [-0.05, 0) is 12.2 Å². The lowest BCUT2D eigenvalue weighted by atomic mass is 10.9. The molecule has 0 radical (unpaired) electrons. The van der Waals surface area contributed by atoms with Crippen LogP contribution in [0.2, 0.25) is 0 Å². The highest BCUT2D eigenvalue weighted by molar-refractivity contribution is 7.89. The van der Waals surface area contributed by atoms with Crippen molar-refractivity contribution >= 4 is 27.4 Å². The molecule has 0 aromatic carbocycles. The molecule has 0 fully saturated rings. The predicted molar refractivity (Wildman–Crippen MR) is 42.5 cm³/mol. The van der Waals surface area contributed by atoms with E-state index < -0.39 is 15.8 Å². The first-order valence-corrected chi connectivity index (χ1v) is 4.46. The summed E-state index contributed by atoms with van der Waals surface area (Å²) in [6.45, 7) is 0. The number of nitrogens with one attached hydrogen (secondary N) is 2. The Labute approximate surface area is 69.4 Å². The summed E-state index contributed by atoms with van der Waals surface area (Å²) in [7, 11) is -3.62. The SMILES string of the molecule is N#CCS(=O)(=O)NNC(N)=S. The Morgan fingerprint density at radius 2 is 2.27 bits per heavy atom. The minimum atomic E-state index is -3.62. The zero-order valence-corrected chi connectivity index (χ0v) is 7.00. The molecule has 0 aromatic rings. The molecule has 0 aromatic heterocycles. The Balaban J connectivity index is 3.96. The van der Waals surface area contributed by atoms with Crippen LogP contribution in [0.1, 0.15) is 0 Å². The zero-order chi connectivity index (χ0) is 8.91. The Hall–Kier alpha value is -0.910. The molecule has 0 aliphatic heterocycles. The van der Waals surface area contributed by atoms with E-state index in [0.29, 0.717) is 0 Å². The Morgan fingerprint density at radius 1 is 1.73 bits per heavy atom. The van der Waals surface area contributed by atoms with Gasteiger partial charge in [-0.25, -0.2) is 8.42 Å². The van der Waals surface area contributed by atoms with Crippen LogP contribution in [0, 0.1) is 11.3 Å². The maximum Gasteiger partial charge on any atom is 0.241 e. The van der Waals surface area contributed by atoms with Crippen LogP contribution in [-0.2, 0) is 10.0 Å². The van der Waals surface area contributed by atoms with Crippen LogP contribution in [0.3, 0.4) is 0 Å². The molecule has 0 rings (SSSR count). The van der Waals surface area contributed by atoms with Crippen LogP contribution in [0.5, 0.6) is 0 Å². The standard InChI is InChI=1S/C3H6N4O2S2/c4-1-2-11(8,9)7-6-3(5)10/h7H,2H2,(H3,5,6,10). The fourth-order valence-corrected chi connectivity index (χ4v) is 0.872. The monoisotopic (exact) mass is 194 g/mol. The number of nitrogens with two attached hydrogens (primary N) is 1. The van der Waals surface area contributed by atoms with Crippen LogP contribution in [0.15, 0.2) is 0 Å². The smallest absolute Gasteiger partial charge is 0.241 e. The number of hydrogen-bond acceptors (Lipinski definition) is 4. The molecule has 0 unspecified atom stereocenters. The minimum Gasteiger partial charge on any atom is -0.375 e. The van der Waals surface area contributed by atoms with E-state index in [9.17, 15) is 8.42 Å². The first-order chi connectivity index (χ1) is 4.98. The maximum atomic E-state index is 10.6. The van der Waals surface area contributed by atoms with Gasteiger partial charge in [0.1, 0.15) is 0 Å². The molecular weight excluding hydrogens is 188 g/mol. The third-order valence-corrected chi connectivity index (χ3v) is 1.61. The molecule has 0 heterocycles. The van der Waals surface area contributed by atoms with Crippen molar-refractivity contribution in [1.82, 2.24) is 10.3 Å².